The Morgan fingerprint density at radius 1 is 1.43 bits per heavy atom. The number of carboxylic acids is 1. The predicted octanol–water partition coefficient (Wildman–Crippen LogP) is 0.132. The van der Waals surface area contributed by atoms with Crippen molar-refractivity contribution >= 4 is 11.9 Å². The number of aliphatic carboxylic acids is 1. The molecule has 0 heterocycles. The SMILES string of the molecule is COC(=O)C1(N)CCC(C(=O)O)CC1. The van der Waals surface area contributed by atoms with Crippen molar-refractivity contribution in [3.8, 4) is 0 Å². The molecular weight excluding hydrogens is 186 g/mol. The van der Waals surface area contributed by atoms with Crippen LogP contribution in [-0.2, 0) is 14.3 Å². The highest BCUT2D eigenvalue weighted by atomic mass is 16.5. The minimum absolute atomic E-state index is 0.365. The van der Waals surface area contributed by atoms with Gasteiger partial charge in [0.25, 0.3) is 0 Å². The van der Waals surface area contributed by atoms with Crippen LogP contribution in [0.25, 0.3) is 0 Å². The molecule has 80 valence electrons. The van der Waals surface area contributed by atoms with Gasteiger partial charge in [-0.15, -0.1) is 0 Å². The van der Waals surface area contributed by atoms with Crippen LogP contribution in [0.4, 0.5) is 0 Å². The van der Waals surface area contributed by atoms with E-state index in [1.807, 2.05) is 0 Å². The van der Waals surface area contributed by atoms with E-state index in [0.29, 0.717) is 25.7 Å². The first-order chi connectivity index (χ1) is 6.49. The summed E-state index contributed by atoms with van der Waals surface area (Å²) in [6, 6.07) is 0. The fourth-order valence-corrected chi connectivity index (χ4v) is 1.79. The number of ether oxygens (including phenoxy) is 1. The molecule has 0 radical (unpaired) electrons. The summed E-state index contributed by atoms with van der Waals surface area (Å²) in [5.74, 6) is -1.62. The van der Waals surface area contributed by atoms with Crippen molar-refractivity contribution in [1.82, 2.24) is 0 Å². The van der Waals surface area contributed by atoms with E-state index in [-0.39, 0.29) is 5.92 Å². The molecule has 14 heavy (non-hydrogen) atoms. The van der Waals surface area contributed by atoms with E-state index < -0.39 is 17.5 Å². The first kappa shape index (κ1) is 11.0. The van der Waals surface area contributed by atoms with Gasteiger partial charge < -0.3 is 15.6 Å². The molecule has 0 aromatic heterocycles. The number of carboxylic acid groups (broad SMARTS) is 1. The summed E-state index contributed by atoms with van der Waals surface area (Å²) in [4.78, 5) is 21.9. The second-order valence-electron chi connectivity index (χ2n) is 3.76. The summed E-state index contributed by atoms with van der Waals surface area (Å²) in [5, 5.41) is 8.75. The molecule has 0 bridgehead atoms. The number of esters is 1. The van der Waals surface area contributed by atoms with Crippen LogP contribution in [-0.4, -0.2) is 29.7 Å². The van der Waals surface area contributed by atoms with E-state index >= 15 is 0 Å². The number of carbonyl (C=O) groups excluding carboxylic acids is 1. The van der Waals surface area contributed by atoms with Gasteiger partial charge in [0.2, 0.25) is 0 Å². The Hall–Kier alpha value is -1.10. The zero-order valence-electron chi connectivity index (χ0n) is 8.16. The van der Waals surface area contributed by atoms with Crippen molar-refractivity contribution in [2.75, 3.05) is 7.11 Å². The van der Waals surface area contributed by atoms with Crippen molar-refractivity contribution in [3.63, 3.8) is 0 Å². The summed E-state index contributed by atoms with van der Waals surface area (Å²) >= 11 is 0. The molecule has 0 unspecified atom stereocenters. The number of hydrogen-bond acceptors (Lipinski definition) is 4. The number of rotatable bonds is 2. The molecule has 5 heteroatoms. The molecular formula is C9H15NO4. The Kier molecular flexibility index (Phi) is 3.10. The number of nitrogens with two attached hydrogens (primary N) is 1. The van der Waals surface area contributed by atoms with Gasteiger partial charge in [-0.25, -0.2) is 0 Å². The first-order valence-corrected chi connectivity index (χ1v) is 4.60. The molecule has 0 aromatic carbocycles. The normalized spacial score (nSPS) is 32.3. The van der Waals surface area contributed by atoms with Crippen molar-refractivity contribution in [2.45, 2.75) is 31.2 Å². The van der Waals surface area contributed by atoms with Crippen molar-refractivity contribution in [3.05, 3.63) is 0 Å². The number of hydrogen-bond donors (Lipinski definition) is 2. The third kappa shape index (κ3) is 2.04. The van der Waals surface area contributed by atoms with Crippen LogP contribution in [0.5, 0.6) is 0 Å². The lowest BCUT2D eigenvalue weighted by Gasteiger charge is -2.32. The molecule has 1 rings (SSSR count). The highest BCUT2D eigenvalue weighted by Crippen LogP contribution is 2.31. The maximum atomic E-state index is 11.3. The lowest BCUT2D eigenvalue weighted by atomic mass is 9.77. The van der Waals surface area contributed by atoms with E-state index in [0.717, 1.165) is 0 Å². The van der Waals surface area contributed by atoms with Crippen LogP contribution in [0.1, 0.15) is 25.7 Å². The maximum absolute atomic E-state index is 11.3. The van der Waals surface area contributed by atoms with Gasteiger partial charge in [-0.05, 0) is 25.7 Å². The molecule has 0 aromatic rings. The minimum atomic E-state index is -0.972. The highest BCUT2D eigenvalue weighted by molar-refractivity contribution is 5.81. The zero-order chi connectivity index (χ0) is 10.8. The molecule has 0 amide bonds. The Morgan fingerprint density at radius 3 is 2.29 bits per heavy atom. The predicted molar refractivity (Wildman–Crippen MR) is 48.5 cm³/mol. The van der Waals surface area contributed by atoms with Gasteiger partial charge in [0, 0.05) is 0 Å². The fraction of sp³-hybridized carbons (Fsp3) is 0.778. The molecule has 0 spiro atoms. The van der Waals surface area contributed by atoms with E-state index in [1.165, 1.54) is 7.11 Å². The third-order valence-corrected chi connectivity index (χ3v) is 2.82. The smallest absolute Gasteiger partial charge is 0.325 e. The van der Waals surface area contributed by atoms with Crippen LogP contribution in [0, 0.1) is 5.92 Å². The second kappa shape index (κ2) is 3.96. The molecule has 0 atom stereocenters. The second-order valence-corrected chi connectivity index (χ2v) is 3.76. The quantitative estimate of drug-likeness (QED) is 0.620. The summed E-state index contributed by atoms with van der Waals surface area (Å²) in [6.07, 6.45) is 1.66. The fourth-order valence-electron chi connectivity index (χ4n) is 1.79. The number of methoxy groups -OCH3 is 1. The minimum Gasteiger partial charge on any atom is -0.481 e. The summed E-state index contributed by atoms with van der Waals surface area (Å²) in [5.41, 5.74) is 4.84. The first-order valence-electron chi connectivity index (χ1n) is 4.60. The van der Waals surface area contributed by atoms with E-state index in [1.54, 1.807) is 0 Å². The maximum Gasteiger partial charge on any atom is 0.325 e. The molecule has 0 aliphatic heterocycles. The molecule has 1 aliphatic carbocycles. The summed E-state index contributed by atoms with van der Waals surface area (Å²) in [6.45, 7) is 0. The summed E-state index contributed by atoms with van der Waals surface area (Å²) < 4.78 is 4.58. The van der Waals surface area contributed by atoms with Crippen LogP contribution >= 0.6 is 0 Å². The molecule has 3 N–H and O–H groups in total. The van der Waals surface area contributed by atoms with E-state index in [2.05, 4.69) is 4.74 Å². The summed E-state index contributed by atoms with van der Waals surface area (Å²) in [7, 11) is 1.29. The average Bonchev–Trinajstić information content (AvgIpc) is 2.17. The van der Waals surface area contributed by atoms with Gasteiger partial charge >= 0.3 is 11.9 Å². The topological polar surface area (TPSA) is 89.6 Å². The molecule has 1 fully saturated rings. The molecule has 0 saturated heterocycles. The van der Waals surface area contributed by atoms with Crippen LogP contribution in [0.3, 0.4) is 0 Å². The van der Waals surface area contributed by atoms with Gasteiger partial charge in [-0.3, -0.25) is 9.59 Å². The van der Waals surface area contributed by atoms with Gasteiger partial charge in [0.15, 0.2) is 0 Å². The van der Waals surface area contributed by atoms with Crippen LogP contribution in [0.2, 0.25) is 0 Å². The van der Waals surface area contributed by atoms with Crippen molar-refractivity contribution < 1.29 is 19.4 Å². The van der Waals surface area contributed by atoms with Gasteiger partial charge in [-0.2, -0.15) is 0 Å². The molecule has 1 saturated carbocycles. The lowest BCUT2D eigenvalue weighted by molar-refractivity contribution is -0.152. The Labute approximate surface area is 82.2 Å². The van der Waals surface area contributed by atoms with E-state index in [9.17, 15) is 9.59 Å². The monoisotopic (exact) mass is 201 g/mol. The van der Waals surface area contributed by atoms with E-state index in [4.69, 9.17) is 10.8 Å². The largest absolute Gasteiger partial charge is 0.481 e. The van der Waals surface area contributed by atoms with Crippen molar-refractivity contribution in [2.24, 2.45) is 11.7 Å². The van der Waals surface area contributed by atoms with Gasteiger partial charge in [0.1, 0.15) is 5.54 Å². The van der Waals surface area contributed by atoms with Crippen LogP contribution in [0.15, 0.2) is 0 Å². The lowest BCUT2D eigenvalue weighted by Crippen LogP contribution is -2.51. The van der Waals surface area contributed by atoms with Gasteiger partial charge in [0.05, 0.1) is 13.0 Å². The van der Waals surface area contributed by atoms with Crippen LogP contribution < -0.4 is 5.73 Å². The number of carbonyl (C=O) groups is 2. The standard InChI is InChI=1S/C9H15NO4/c1-14-8(13)9(10)4-2-6(3-5-9)7(11)12/h6H,2-5,10H2,1H3,(H,11,12). The highest BCUT2D eigenvalue weighted by Gasteiger charge is 2.40. The van der Waals surface area contributed by atoms with Gasteiger partial charge in [-0.1, -0.05) is 0 Å². The molecule has 1 aliphatic rings. The molecule has 5 nitrogen and oxygen atoms in total. The third-order valence-electron chi connectivity index (χ3n) is 2.82. The van der Waals surface area contributed by atoms with Crippen molar-refractivity contribution in [1.29, 1.82) is 0 Å². The zero-order valence-corrected chi connectivity index (χ0v) is 8.16. The Bertz CT molecular complexity index is 243. The average molecular weight is 201 g/mol. The Morgan fingerprint density at radius 2 is 1.93 bits per heavy atom. The Balaban J connectivity index is 2.57.